The van der Waals surface area contributed by atoms with E-state index >= 15 is 0 Å². The van der Waals surface area contributed by atoms with Gasteiger partial charge in [0.15, 0.2) is 16.6 Å². The fourth-order valence-corrected chi connectivity index (χ4v) is 3.33. The van der Waals surface area contributed by atoms with Crippen LogP contribution in [0.25, 0.3) is 0 Å². The average molecular weight is 473 g/mol. The first-order valence-corrected chi connectivity index (χ1v) is 10.9. The molecule has 1 aliphatic heterocycles. The van der Waals surface area contributed by atoms with Crippen molar-refractivity contribution in [2.45, 2.75) is 6.54 Å². The number of nitrogens with zero attached hydrogens (tertiary/aromatic N) is 2. The predicted octanol–water partition coefficient (Wildman–Crippen LogP) is 5.28. The highest BCUT2D eigenvalue weighted by Gasteiger charge is 2.14. The fourth-order valence-electron chi connectivity index (χ4n) is 3.16. The van der Waals surface area contributed by atoms with E-state index in [0.29, 0.717) is 34.9 Å². The van der Waals surface area contributed by atoms with E-state index < -0.39 is 0 Å². The van der Waals surface area contributed by atoms with Crippen molar-refractivity contribution in [2.24, 2.45) is 0 Å². The number of ether oxygens (including phenoxy) is 4. The Balaban J connectivity index is 1.30. The standard InChI is InChI=1S/C25H20N4O4S/c34-25(26-15-17-11-12-20-21(13-17)31-16-30-20)29-24-27-22(32-18-7-3-1-4-8-18)14-23(28-24)33-19-9-5-2-6-10-19/h1-14H,15-16H2,(H2,26,27,28,29,34). The molecule has 0 bridgehead atoms. The number of rotatable bonds is 7. The number of fused-ring (bicyclic) bond motifs is 1. The summed E-state index contributed by atoms with van der Waals surface area (Å²) < 4.78 is 22.5. The topological polar surface area (TPSA) is 86.8 Å². The fraction of sp³-hybridized carbons (Fsp3) is 0.0800. The molecule has 1 aromatic heterocycles. The van der Waals surface area contributed by atoms with Gasteiger partial charge >= 0.3 is 0 Å². The second kappa shape index (κ2) is 10.1. The van der Waals surface area contributed by atoms with Crippen molar-refractivity contribution in [3.63, 3.8) is 0 Å². The largest absolute Gasteiger partial charge is 0.454 e. The minimum absolute atomic E-state index is 0.234. The Labute approximate surface area is 201 Å². The molecule has 3 aromatic carbocycles. The van der Waals surface area contributed by atoms with Crippen molar-refractivity contribution in [3.8, 4) is 34.8 Å². The van der Waals surface area contributed by atoms with Crippen molar-refractivity contribution in [1.29, 1.82) is 0 Å². The molecule has 0 unspecified atom stereocenters. The molecule has 34 heavy (non-hydrogen) atoms. The first kappa shape index (κ1) is 21.5. The van der Waals surface area contributed by atoms with Gasteiger partial charge in [0.1, 0.15) is 11.5 Å². The van der Waals surface area contributed by atoms with Crippen LogP contribution in [-0.4, -0.2) is 21.9 Å². The van der Waals surface area contributed by atoms with Crippen LogP contribution in [-0.2, 0) is 6.54 Å². The summed E-state index contributed by atoms with van der Waals surface area (Å²) in [4.78, 5) is 8.85. The number of hydrogen-bond donors (Lipinski definition) is 2. The minimum atomic E-state index is 0.234. The molecule has 0 aliphatic carbocycles. The third-order valence-corrected chi connectivity index (χ3v) is 4.97. The SMILES string of the molecule is S=C(NCc1ccc2c(c1)OCO2)Nc1nc(Oc2ccccc2)cc(Oc2ccccc2)n1. The van der Waals surface area contributed by atoms with Crippen molar-refractivity contribution < 1.29 is 18.9 Å². The van der Waals surface area contributed by atoms with Crippen LogP contribution in [0, 0.1) is 0 Å². The molecule has 0 saturated heterocycles. The number of thiocarbonyl (C=S) groups is 1. The second-order valence-electron chi connectivity index (χ2n) is 7.19. The molecule has 9 heteroatoms. The van der Waals surface area contributed by atoms with E-state index in [1.165, 1.54) is 0 Å². The molecule has 0 spiro atoms. The Morgan fingerprint density at radius 1 is 0.794 bits per heavy atom. The maximum absolute atomic E-state index is 5.89. The number of aromatic nitrogens is 2. The van der Waals surface area contributed by atoms with Gasteiger partial charge in [-0.1, -0.05) is 42.5 Å². The highest BCUT2D eigenvalue weighted by Crippen LogP contribution is 2.32. The van der Waals surface area contributed by atoms with Crippen molar-refractivity contribution in [3.05, 3.63) is 90.5 Å². The molecule has 1 aliphatic rings. The third-order valence-electron chi connectivity index (χ3n) is 4.73. The highest BCUT2D eigenvalue weighted by molar-refractivity contribution is 7.80. The average Bonchev–Trinajstić information content (AvgIpc) is 3.32. The quantitative estimate of drug-likeness (QED) is 0.349. The monoisotopic (exact) mass is 472 g/mol. The Morgan fingerprint density at radius 2 is 1.41 bits per heavy atom. The lowest BCUT2D eigenvalue weighted by molar-refractivity contribution is 0.174. The van der Waals surface area contributed by atoms with Gasteiger partial charge in [-0.3, -0.25) is 0 Å². The molecule has 0 saturated carbocycles. The van der Waals surface area contributed by atoms with Crippen LogP contribution in [0.3, 0.4) is 0 Å². The summed E-state index contributed by atoms with van der Waals surface area (Å²) in [7, 11) is 0. The summed E-state index contributed by atoms with van der Waals surface area (Å²) in [5, 5.41) is 6.49. The first-order valence-electron chi connectivity index (χ1n) is 10.5. The van der Waals surface area contributed by atoms with Gasteiger partial charge in [0.25, 0.3) is 0 Å². The molecular weight excluding hydrogens is 452 g/mol. The van der Waals surface area contributed by atoms with E-state index in [9.17, 15) is 0 Å². The van der Waals surface area contributed by atoms with Gasteiger partial charge in [0, 0.05) is 6.54 Å². The maximum atomic E-state index is 5.89. The molecule has 0 amide bonds. The van der Waals surface area contributed by atoms with E-state index in [2.05, 4.69) is 20.6 Å². The van der Waals surface area contributed by atoms with E-state index in [0.717, 1.165) is 17.1 Å². The number of nitrogens with one attached hydrogen (secondary N) is 2. The van der Waals surface area contributed by atoms with Crippen LogP contribution < -0.4 is 29.6 Å². The second-order valence-corrected chi connectivity index (χ2v) is 7.60. The molecular formula is C25H20N4O4S. The van der Waals surface area contributed by atoms with Gasteiger partial charge in [-0.15, -0.1) is 0 Å². The van der Waals surface area contributed by atoms with Gasteiger partial charge in [0.2, 0.25) is 24.5 Å². The molecule has 2 heterocycles. The van der Waals surface area contributed by atoms with Crippen molar-refractivity contribution >= 4 is 23.3 Å². The predicted molar refractivity (Wildman–Crippen MR) is 131 cm³/mol. The van der Waals surface area contributed by atoms with Crippen LogP contribution in [0.5, 0.6) is 34.8 Å². The van der Waals surface area contributed by atoms with Crippen molar-refractivity contribution in [2.75, 3.05) is 12.1 Å². The number of para-hydroxylation sites is 2. The first-order chi connectivity index (χ1) is 16.7. The van der Waals surface area contributed by atoms with Crippen LogP contribution in [0.2, 0.25) is 0 Å². The van der Waals surface area contributed by atoms with Gasteiger partial charge in [-0.05, 0) is 54.2 Å². The minimum Gasteiger partial charge on any atom is -0.454 e. The van der Waals surface area contributed by atoms with Gasteiger partial charge in [0.05, 0.1) is 6.07 Å². The Kier molecular flexibility index (Phi) is 6.35. The van der Waals surface area contributed by atoms with E-state index in [-0.39, 0.29) is 12.7 Å². The summed E-state index contributed by atoms with van der Waals surface area (Å²) in [6.07, 6.45) is 0. The van der Waals surface area contributed by atoms with E-state index in [1.807, 2.05) is 78.9 Å². The number of benzene rings is 3. The zero-order chi connectivity index (χ0) is 23.2. The van der Waals surface area contributed by atoms with E-state index in [4.69, 9.17) is 31.2 Å². The summed E-state index contributed by atoms with van der Waals surface area (Å²) in [5.41, 5.74) is 0.989. The zero-order valence-corrected chi connectivity index (χ0v) is 18.7. The zero-order valence-electron chi connectivity index (χ0n) is 17.9. The lowest BCUT2D eigenvalue weighted by atomic mass is 10.2. The van der Waals surface area contributed by atoms with Crippen molar-refractivity contribution in [1.82, 2.24) is 15.3 Å². The molecule has 0 atom stereocenters. The van der Waals surface area contributed by atoms with E-state index in [1.54, 1.807) is 6.07 Å². The normalized spacial score (nSPS) is 11.5. The lowest BCUT2D eigenvalue weighted by Gasteiger charge is -2.13. The van der Waals surface area contributed by atoms with Crippen LogP contribution in [0.4, 0.5) is 5.95 Å². The smallest absolute Gasteiger partial charge is 0.235 e. The highest BCUT2D eigenvalue weighted by atomic mass is 32.1. The molecule has 170 valence electrons. The Hall–Kier alpha value is -4.37. The van der Waals surface area contributed by atoms with Gasteiger partial charge in [-0.2, -0.15) is 9.97 Å². The van der Waals surface area contributed by atoms with Crippen LogP contribution in [0.15, 0.2) is 84.9 Å². The maximum Gasteiger partial charge on any atom is 0.235 e. The summed E-state index contributed by atoms with van der Waals surface area (Å²) >= 11 is 5.44. The van der Waals surface area contributed by atoms with Gasteiger partial charge < -0.3 is 29.6 Å². The Bertz CT molecular complexity index is 1230. The van der Waals surface area contributed by atoms with Crippen LogP contribution in [0.1, 0.15) is 5.56 Å². The summed E-state index contributed by atoms with van der Waals surface area (Å²) in [6.45, 7) is 0.717. The molecule has 0 fully saturated rings. The molecule has 5 rings (SSSR count). The molecule has 4 aromatic rings. The number of hydrogen-bond acceptors (Lipinski definition) is 7. The van der Waals surface area contributed by atoms with Crippen LogP contribution >= 0.6 is 12.2 Å². The summed E-state index contributed by atoms with van der Waals surface area (Å²) in [6, 6.07) is 26.0. The number of anilines is 1. The Morgan fingerprint density at radius 3 is 2.06 bits per heavy atom. The van der Waals surface area contributed by atoms with Gasteiger partial charge in [-0.25, -0.2) is 0 Å². The third kappa shape index (κ3) is 5.51. The summed E-state index contributed by atoms with van der Waals surface area (Å²) in [5.74, 6) is 3.60. The molecule has 8 nitrogen and oxygen atoms in total. The lowest BCUT2D eigenvalue weighted by Crippen LogP contribution is -2.28. The molecule has 2 N–H and O–H groups in total. The molecule has 0 radical (unpaired) electrons.